The van der Waals surface area contributed by atoms with E-state index in [0.717, 1.165) is 23.4 Å². The van der Waals surface area contributed by atoms with E-state index in [2.05, 4.69) is 109 Å². The van der Waals surface area contributed by atoms with Gasteiger partial charge in [-0.1, -0.05) is 73.3 Å². The number of aromatic nitrogens is 1. The summed E-state index contributed by atoms with van der Waals surface area (Å²) in [6.07, 6.45) is 4.13. The van der Waals surface area contributed by atoms with Gasteiger partial charge in [-0.25, -0.2) is 0 Å². The second kappa shape index (κ2) is 8.24. The van der Waals surface area contributed by atoms with Gasteiger partial charge in [-0.05, 0) is 41.8 Å². The molecule has 0 fully saturated rings. The SMILES string of the molecule is C=CCn1cc(C(=C)C(Nc2cccc(C)c2)c2ccccc2)c2ccccc21. The van der Waals surface area contributed by atoms with Crippen LogP contribution in [-0.4, -0.2) is 4.57 Å². The van der Waals surface area contributed by atoms with Crippen LogP contribution in [0.3, 0.4) is 0 Å². The van der Waals surface area contributed by atoms with E-state index in [1.165, 1.54) is 22.0 Å². The highest BCUT2D eigenvalue weighted by atomic mass is 15.0. The Balaban J connectivity index is 1.80. The third-order valence-electron chi connectivity index (χ3n) is 5.27. The predicted octanol–water partition coefficient (Wildman–Crippen LogP) is 7.00. The van der Waals surface area contributed by atoms with E-state index in [0.29, 0.717) is 0 Å². The van der Waals surface area contributed by atoms with E-state index >= 15 is 0 Å². The fourth-order valence-corrected chi connectivity index (χ4v) is 3.87. The third-order valence-corrected chi connectivity index (χ3v) is 5.27. The lowest BCUT2D eigenvalue weighted by Crippen LogP contribution is -2.12. The summed E-state index contributed by atoms with van der Waals surface area (Å²) >= 11 is 0. The van der Waals surface area contributed by atoms with E-state index in [9.17, 15) is 0 Å². The second-order valence-corrected chi connectivity index (χ2v) is 7.38. The maximum atomic E-state index is 4.54. The van der Waals surface area contributed by atoms with Crippen LogP contribution in [-0.2, 0) is 6.54 Å². The topological polar surface area (TPSA) is 17.0 Å². The molecule has 0 aliphatic rings. The Morgan fingerprint density at radius 3 is 2.52 bits per heavy atom. The first-order valence-electron chi connectivity index (χ1n) is 9.93. The smallest absolute Gasteiger partial charge is 0.0768 e. The van der Waals surface area contributed by atoms with Crippen molar-refractivity contribution in [1.82, 2.24) is 4.57 Å². The van der Waals surface area contributed by atoms with Crippen LogP contribution < -0.4 is 5.32 Å². The van der Waals surface area contributed by atoms with Gasteiger partial charge in [0.05, 0.1) is 6.04 Å². The fourth-order valence-electron chi connectivity index (χ4n) is 3.87. The first kappa shape index (κ1) is 18.8. The minimum Gasteiger partial charge on any atom is -0.374 e. The van der Waals surface area contributed by atoms with E-state index in [1.54, 1.807) is 0 Å². The number of benzene rings is 3. The summed E-state index contributed by atoms with van der Waals surface area (Å²) in [6, 6.07) is 27.4. The van der Waals surface area contributed by atoms with Crippen molar-refractivity contribution in [2.24, 2.45) is 0 Å². The molecule has 0 spiro atoms. The van der Waals surface area contributed by atoms with Crippen molar-refractivity contribution in [2.75, 3.05) is 5.32 Å². The second-order valence-electron chi connectivity index (χ2n) is 7.38. The van der Waals surface area contributed by atoms with Gasteiger partial charge >= 0.3 is 0 Å². The Bertz CT molecular complexity index is 1150. The van der Waals surface area contributed by atoms with Crippen LogP contribution in [0.25, 0.3) is 16.5 Å². The molecule has 1 N–H and O–H groups in total. The molecule has 1 unspecified atom stereocenters. The van der Waals surface area contributed by atoms with Crippen molar-refractivity contribution in [3.8, 4) is 0 Å². The van der Waals surface area contributed by atoms with Crippen molar-refractivity contribution in [3.05, 3.63) is 121 Å². The molecule has 0 bridgehead atoms. The summed E-state index contributed by atoms with van der Waals surface area (Å²) in [5.41, 5.74) is 6.93. The van der Waals surface area contributed by atoms with Crippen LogP contribution in [0.1, 0.15) is 22.7 Å². The molecular weight excluding hydrogens is 352 g/mol. The number of para-hydroxylation sites is 1. The zero-order chi connectivity index (χ0) is 20.2. The summed E-state index contributed by atoms with van der Waals surface area (Å²) in [5.74, 6) is 0. The van der Waals surface area contributed by atoms with Crippen LogP contribution in [0.2, 0.25) is 0 Å². The standard InChI is InChI=1S/C27H26N2/c1-4-17-29-19-25(24-15-8-9-16-26(24)29)21(3)27(22-12-6-5-7-13-22)28-23-14-10-11-20(2)18-23/h4-16,18-19,27-28H,1,3,17H2,2H3. The molecule has 1 aromatic heterocycles. The molecule has 0 saturated heterocycles. The molecule has 4 rings (SSSR count). The number of hydrogen-bond acceptors (Lipinski definition) is 1. The lowest BCUT2D eigenvalue weighted by Gasteiger charge is -2.23. The van der Waals surface area contributed by atoms with Gasteiger partial charge in [-0.15, -0.1) is 6.58 Å². The molecule has 4 aromatic rings. The largest absolute Gasteiger partial charge is 0.374 e. The molecule has 2 heteroatoms. The maximum absolute atomic E-state index is 4.54. The molecule has 29 heavy (non-hydrogen) atoms. The van der Waals surface area contributed by atoms with Gasteiger partial charge in [0.1, 0.15) is 0 Å². The minimum atomic E-state index is -0.0269. The molecule has 2 nitrogen and oxygen atoms in total. The Morgan fingerprint density at radius 1 is 1.00 bits per heavy atom. The van der Waals surface area contributed by atoms with Gasteiger partial charge < -0.3 is 9.88 Å². The number of aryl methyl sites for hydroxylation is 1. The van der Waals surface area contributed by atoms with E-state index in [1.807, 2.05) is 12.1 Å². The van der Waals surface area contributed by atoms with E-state index < -0.39 is 0 Å². The molecule has 0 amide bonds. The Kier molecular flexibility index (Phi) is 5.35. The van der Waals surface area contributed by atoms with Crippen LogP contribution in [0, 0.1) is 6.92 Å². The summed E-state index contributed by atoms with van der Waals surface area (Å²) in [5, 5.41) is 4.93. The predicted molar refractivity (Wildman–Crippen MR) is 125 cm³/mol. The minimum absolute atomic E-state index is 0.0269. The number of hydrogen-bond donors (Lipinski definition) is 1. The monoisotopic (exact) mass is 378 g/mol. The highest BCUT2D eigenvalue weighted by Gasteiger charge is 2.20. The normalized spacial score (nSPS) is 11.9. The van der Waals surface area contributed by atoms with Crippen molar-refractivity contribution < 1.29 is 0 Å². The van der Waals surface area contributed by atoms with Gasteiger partial charge in [-0.3, -0.25) is 0 Å². The number of nitrogens with zero attached hydrogens (tertiary/aromatic N) is 1. The molecule has 0 aliphatic heterocycles. The summed E-state index contributed by atoms with van der Waals surface area (Å²) in [6.45, 7) is 11.3. The Hall–Kier alpha value is -3.52. The Labute approximate surface area is 172 Å². The molecule has 3 aromatic carbocycles. The van der Waals surface area contributed by atoms with Gasteiger partial charge in [-0.2, -0.15) is 0 Å². The molecule has 0 aliphatic carbocycles. The Morgan fingerprint density at radius 2 is 1.76 bits per heavy atom. The molecular formula is C27H26N2. The molecule has 1 heterocycles. The molecule has 0 saturated carbocycles. The molecule has 144 valence electrons. The average molecular weight is 379 g/mol. The molecule has 1 atom stereocenters. The summed E-state index contributed by atoms with van der Waals surface area (Å²) in [7, 11) is 0. The first-order chi connectivity index (χ1) is 14.2. The van der Waals surface area contributed by atoms with Crippen molar-refractivity contribution in [3.63, 3.8) is 0 Å². The lowest BCUT2D eigenvalue weighted by molar-refractivity contribution is 0.863. The van der Waals surface area contributed by atoms with Gasteiger partial charge in [0.2, 0.25) is 0 Å². The number of nitrogens with one attached hydrogen (secondary N) is 1. The zero-order valence-corrected chi connectivity index (χ0v) is 16.8. The van der Waals surface area contributed by atoms with Crippen molar-refractivity contribution >= 4 is 22.2 Å². The average Bonchev–Trinajstić information content (AvgIpc) is 3.11. The fraction of sp³-hybridized carbons (Fsp3) is 0.111. The van der Waals surface area contributed by atoms with Gasteiger partial charge in [0, 0.05) is 34.9 Å². The van der Waals surface area contributed by atoms with E-state index in [4.69, 9.17) is 0 Å². The zero-order valence-electron chi connectivity index (χ0n) is 16.8. The highest BCUT2D eigenvalue weighted by Crippen LogP contribution is 2.36. The summed E-state index contributed by atoms with van der Waals surface area (Å²) in [4.78, 5) is 0. The number of fused-ring (bicyclic) bond motifs is 1. The van der Waals surface area contributed by atoms with Crippen LogP contribution >= 0.6 is 0 Å². The number of allylic oxidation sites excluding steroid dienone is 1. The van der Waals surface area contributed by atoms with Crippen LogP contribution in [0.4, 0.5) is 5.69 Å². The number of anilines is 1. The first-order valence-corrected chi connectivity index (χ1v) is 9.93. The van der Waals surface area contributed by atoms with Gasteiger partial charge in [0.25, 0.3) is 0 Å². The van der Waals surface area contributed by atoms with Crippen LogP contribution in [0.15, 0.2) is 104 Å². The quantitative estimate of drug-likeness (QED) is 0.342. The lowest BCUT2D eigenvalue weighted by atomic mass is 9.93. The van der Waals surface area contributed by atoms with Gasteiger partial charge in [0.15, 0.2) is 0 Å². The molecule has 0 radical (unpaired) electrons. The number of rotatable bonds is 7. The third kappa shape index (κ3) is 3.88. The summed E-state index contributed by atoms with van der Waals surface area (Å²) < 4.78 is 2.23. The maximum Gasteiger partial charge on any atom is 0.0768 e. The van der Waals surface area contributed by atoms with Crippen molar-refractivity contribution in [1.29, 1.82) is 0 Å². The van der Waals surface area contributed by atoms with Crippen molar-refractivity contribution in [2.45, 2.75) is 19.5 Å². The van der Waals surface area contributed by atoms with Crippen LogP contribution in [0.5, 0.6) is 0 Å². The van der Waals surface area contributed by atoms with E-state index in [-0.39, 0.29) is 6.04 Å². The highest BCUT2D eigenvalue weighted by molar-refractivity contribution is 5.94.